The molecule has 0 aliphatic heterocycles. The quantitative estimate of drug-likeness (QED) is 0.412. The van der Waals surface area contributed by atoms with Crippen molar-refractivity contribution in [2.24, 2.45) is 11.8 Å². The number of halogens is 6. The highest BCUT2D eigenvalue weighted by Gasteiger charge is 2.44. The van der Waals surface area contributed by atoms with Crippen LogP contribution in [0.15, 0.2) is 18.2 Å². The lowest BCUT2D eigenvalue weighted by atomic mass is 9.79. The Bertz CT molecular complexity index is 609. The summed E-state index contributed by atoms with van der Waals surface area (Å²) >= 11 is 0. The molecule has 0 atom stereocenters. The lowest BCUT2D eigenvalue weighted by Crippen LogP contribution is -2.37. The van der Waals surface area contributed by atoms with Crippen molar-refractivity contribution in [3.05, 3.63) is 29.6 Å². The van der Waals surface area contributed by atoms with E-state index < -0.39 is 37.2 Å². The SMILES string of the molecule is CCCCC1CCC(C(F)(F)Oc2ccc(COCC(F)(F)F)c(F)c2)CC1. The minimum Gasteiger partial charge on any atom is -0.432 e. The highest BCUT2D eigenvalue weighted by molar-refractivity contribution is 5.29. The summed E-state index contributed by atoms with van der Waals surface area (Å²) in [5.41, 5.74) is -0.156. The maximum absolute atomic E-state index is 14.4. The van der Waals surface area contributed by atoms with E-state index in [4.69, 9.17) is 4.74 Å². The average Bonchev–Trinajstić information content (AvgIpc) is 2.61. The Morgan fingerprint density at radius 3 is 2.29 bits per heavy atom. The standard InChI is InChI=1S/C20H26F6O2/c1-2-3-4-14-5-8-16(9-6-14)20(25,26)28-17-10-7-15(18(21)11-17)12-27-13-19(22,23)24/h7,10-11,14,16H,2-6,8-9,12-13H2,1H3. The molecule has 160 valence electrons. The maximum Gasteiger partial charge on any atom is 0.411 e. The zero-order valence-electron chi connectivity index (χ0n) is 15.8. The van der Waals surface area contributed by atoms with Crippen LogP contribution in [-0.2, 0) is 11.3 Å². The Balaban J connectivity index is 1.89. The predicted molar refractivity (Wildman–Crippen MR) is 92.7 cm³/mol. The molecule has 8 heteroatoms. The van der Waals surface area contributed by atoms with Crippen molar-refractivity contribution in [3.8, 4) is 5.75 Å². The fourth-order valence-corrected chi connectivity index (χ4v) is 3.51. The summed E-state index contributed by atoms with van der Waals surface area (Å²) in [6.07, 6.45) is -2.53. The summed E-state index contributed by atoms with van der Waals surface area (Å²) in [6, 6.07) is 2.97. The fourth-order valence-electron chi connectivity index (χ4n) is 3.51. The van der Waals surface area contributed by atoms with Crippen molar-refractivity contribution in [2.75, 3.05) is 6.61 Å². The molecule has 0 amide bonds. The largest absolute Gasteiger partial charge is 0.432 e. The van der Waals surface area contributed by atoms with E-state index in [0.29, 0.717) is 18.8 Å². The maximum atomic E-state index is 14.4. The van der Waals surface area contributed by atoms with Gasteiger partial charge in [0.25, 0.3) is 0 Å². The summed E-state index contributed by atoms with van der Waals surface area (Å²) < 4.78 is 88.2. The minimum atomic E-state index is -4.52. The van der Waals surface area contributed by atoms with Crippen LogP contribution in [0.2, 0.25) is 0 Å². The first-order valence-corrected chi connectivity index (χ1v) is 9.60. The molecule has 0 unspecified atom stereocenters. The molecule has 1 aromatic rings. The van der Waals surface area contributed by atoms with E-state index in [9.17, 15) is 26.3 Å². The highest BCUT2D eigenvalue weighted by atomic mass is 19.4. The summed E-state index contributed by atoms with van der Waals surface area (Å²) in [5, 5.41) is 0. The van der Waals surface area contributed by atoms with Gasteiger partial charge in [-0.15, -0.1) is 0 Å². The van der Waals surface area contributed by atoms with Gasteiger partial charge in [0.15, 0.2) is 0 Å². The summed E-state index contributed by atoms with van der Waals surface area (Å²) in [6.45, 7) is -0.0199. The lowest BCUT2D eigenvalue weighted by Gasteiger charge is -2.33. The number of rotatable bonds is 9. The Labute approximate surface area is 161 Å². The van der Waals surface area contributed by atoms with E-state index in [1.807, 2.05) is 0 Å². The molecule has 1 saturated carbocycles. The molecule has 1 fully saturated rings. The van der Waals surface area contributed by atoms with Gasteiger partial charge in [-0.05, 0) is 37.7 Å². The summed E-state index contributed by atoms with van der Waals surface area (Å²) in [4.78, 5) is 0. The molecule has 2 rings (SSSR count). The van der Waals surface area contributed by atoms with E-state index in [1.165, 1.54) is 0 Å². The molecule has 0 saturated heterocycles. The molecule has 1 aromatic carbocycles. The zero-order chi connectivity index (χ0) is 20.8. The fraction of sp³-hybridized carbons (Fsp3) is 0.700. The third kappa shape index (κ3) is 7.18. The Kier molecular flexibility index (Phi) is 8.04. The van der Waals surface area contributed by atoms with Gasteiger partial charge in [-0.2, -0.15) is 22.0 Å². The molecule has 0 spiro atoms. The molecule has 0 aromatic heterocycles. The highest BCUT2D eigenvalue weighted by Crippen LogP contribution is 2.41. The van der Waals surface area contributed by atoms with Crippen molar-refractivity contribution in [2.45, 2.75) is 70.8 Å². The smallest absolute Gasteiger partial charge is 0.411 e. The van der Waals surface area contributed by atoms with E-state index >= 15 is 0 Å². The van der Waals surface area contributed by atoms with E-state index in [1.54, 1.807) is 0 Å². The van der Waals surface area contributed by atoms with Crippen molar-refractivity contribution in [3.63, 3.8) is 0 Å². The topological polar surface area (TPSA) is 18.5 Å². The van der Waals surface area contributed by atoms with Crippen LogP contribution in [0.4, 0.5) is 26.3 Å². The molecule has 1 aliphatic rings. The van der Waals surface area contributed by atoms with Gasteiger partial charge in [0, 0.05) is 11.6 Å². The second kappa shape index (κ2) is 9.85. The van der Waals surface area contributed by atoms with Crippen LogP contribution in [-0.4, -0.2) is 18.9 Å². The number of hydrogen-bond acceptors (Lipinski definition) is 2. The van der Waals surface area contributed by atoms with Gasteiger partial charge in [0.05, 0.1) is 12.5 Å². The number of alkyl halides is 5. The van der Waals surface area contributed by atoms with Crippen LogP contribution in [0.1, 0.15) is 57.4 Å². The molecular formula is C20H26F6O2. The van der Waals surface area contributed by atoms with Crippen LogP contribution >= 0.6 is 0 Å². The first-order chi connectivity index (χ1) is 13.1. The molecule has 1 aliphatic carbocycles. The van der Waals surface area contributed by atoms with Crippen molar-refractivity contribution >= 4 is 0 Å². The molecule has 0 radical (unpaired) electrons. The molecule has 0 bridgehead atoms. The van der Waals surface area contributed by atoms with Gasteiger partial charge in [0.2, 0.25) is 0 Å². The van der Waals surface area contributed by atoms with E-state index in [0.717, 1.165) is 50.3 Å². The number of unbranched alkanes of at least 4 members (excludes halogenated alkanes) is 1. The van der Waals surface area contributed by atoms with Crippen molar-refractivity contribution in [1.29, 1.82) is 0 Å². The number of ether oxygens (including phenoxy) is 2. The average molecular weight is 412 g/mol. The Morgan fingerprint density at radius 1 is 1.04 bits per heavy atom. The third-order valence-electron chi connectivity index (χ3n) is 5.09. The molecule has 0 heterocycles. The van der Waals surface area contributed by atoms with Gasteiger partial charge in [-0.3, -0.25) is 0 Å². The monoisotopic (exact) mass is 412 g/mol. The van der Waals surface area contributed by atoms with E-state index in [2.05, 4.69) is 11.7 Å². The van der Waals surface area contributed by atoms with Gasteiger partial charge in [-0.1, -0.05) is 32.3 Å². The summed E-state index contributed by atoms with van der Waals surface area (Å²) in [7, 11) is 0. The van der Waals surface area contributed by atoms with Crippen molar-refractivity contribution in [1.82, 2.24) is 0 Å². The van der Waals surface area contributed by atoms with Gasteiger partial charge in [0.1, 0.15) is 18.2 Å². The third-order valence-corrected chi connectivity index (χ3v) is 5.09. The molecule has 2 nitrogen and oxygen atoms in total. The normalized spacial score (nSPS) is 21.0. The number of hydrogen-bond donors (Lipinski definition) is 0. The second-order valence-electron chi connectivity index (χ2n) is 7.38. The molecule has 28 heavy (non-hydrogen) atoms. The lowest BCUT2D eigenvalue weighted by molar-refractivity contribution is -0.223. The van der Waals surface area contributed by atoms with Crippen molar-refractivity contribution < 1.29 is 35.8 Å². The molecule has 0 N–H and O–H groups in total. The van der Waals surface area contributed by atoms with Gasteiger partial charge < -0.3 is 9.47 Å². The van der Waals surface area contributed by atoms with Gasteiger partial charge in [-0.25, -0.2) is 4.39 Å². The minimum absolute atomic E-state index is 0.156. The zero-order valence-corrected chi connectivity index (χ0v) is 15.8. The predicted octanol–water partition coefficient (Wildman–Crippen LogP) is 6.87. The first-order valence-electron chi connectivity index (χ1n) is 9.60. The van der Waals surface area contributed by atoms with Crippen LogP contribution in [0.5, 0.6) is 5.75 Å². The molecular weight excluding hydrogens is 386 g/mol. The van der Waals surface area contributed by atoms with Crippen LogP contribution in [0.3, 0.4) is 0 Å². The number of benzene rings is 1. The van der Waals surface area contributed by atoms with Crippen LogP contribution in [0, 0.1) is 17.7 Å². The van der Waals surface area contributed by atoms with E-state index in [-0.39, 0.29) is 11.3 Å². The van der Waals surface area contributed by atoms with Crippen LogP contribution < -0.4 is 4.74 Å². The Hall–Kier alpha value is -1.44. The van der Waals surface area contributed by atoms with Crippen LogP contribution in [0.25, 0.3) is 0 Å². The Morgan fingerprint density at radius 2 is 1.71 bits per heavy atom. The van der Waals surface area contributed by atoms with Gasteiger partial charge >= 0.3 is 12.3 Å². The first kappa shape index (κ1) is 22.8. The summed E-state index contributed by atoms with van der Waals surface area (Å²) in [5.74, 6) is -1.75. The second-order valence-corrected chi connectivity index (χ2v) is 7.38.